The summed E-state index contributed by atoms with van der Waals surface area (Å²) in [5.74, 6) is 0.617. The average molecular weight is 148 g/mol. The quantitative estimate of drug-likeness (QED) is 0.493. The molecular weight excluding hydrogens is 132 g/mol. The van der Waals surface area contributed by atoms with Crippen molar-refractivity contribution in [1.82, 2.24) is 0 Å². The van der Waals surface area contributed by atoms with Crippen LogP contribution in [0.5, 0.6) is 0 Å². The summed E-state index contributed by atoms with van der Waals surface area (Å²) in [4.78, 5) is 0. The molecule has 0 aromatic rings. The highest BCUT2D eigenvalue weighted by Gasteiger charge is 2.18. The number of allylic oxidation sites excluding steroid dienone is 6. The van der Waals surface area contributed by atoms with E-state index < -0.39 is 0 Å². The van der Waals surface area contributed by atoms with Gasteiger partial charge in [-0.3, -0.25) is 0 Å². The smallest absolute Gasteiger partial charge is 0.000187 e. The summed E-state index contributed by atoms with van der Waals surface area (Å²) in [7, 11) is 0. The van der Waals surface area contributed by atoms with Crippen LogP contribution in [0, 0.1) is 5.92 Å². The van der Waals surface area contributed by atoms with Crippen molar-refractivity contribution in [3.05, 3.63) is 34.9 Å². The van der Waals surface area contributed by atoms with E-state index in [1.165, 1.54) is 16.7 Å². The zero-order valence-electron chi connectivity index (χ0n) is 7.81. The molecular formula is C11H16. The number of hydrogen-bond acceptors (Lipinski definition) is 0. The van der Waals surface area contributed by atoms with Crippen molar-refractivity contribution in [3.63, 3.8) is 0 Å². The molecule has 1 rings (SSSR count). The molecule has 0 heterocycles. The van der Waals surface area contributed by atoms with E-state index in [-0.39, 0.29) is 0 Å². The molecule has 1 aliphatic rings. The molecule has 0 saturated carbocycles. The fourth-order valence-electron chi connectivity index (χ4n) is 1.84. The fraction of sp³-hybridized carbons (Fsp3) is 0.455. The van der Waals surface area contributed by atoms with Gasteiger partial charge < -0.3 is 0 Å². The molecule has 0 amide bonds. The van der Waals surface area contributed by atoms with Gasteiger partial charge in [-0.25, -0.2) is 0 Å². The van der Waals surface area contributed by atoms with Crippen LogP contribution in [0.3, 0.4) is 0 Å². The molecule has 1 atom stereocenters. The Bertz CT molecular complexity index is 239. The van der Waals surface area contributed by atoms with Crippen LogP contribution in [0.1, 0.15) is 27.7 Å². The Morgan fingerprint density at radius 3 is 2.27 bits per heavy atom. The van der Waals surface area contributed by atoms with Gasteiger partial charge in [0.25, 0.3) is 0 Å². The van der Waals surface area contributed by atoms with Crippen LogP contribution in [-0.4, -0.2) is 0 Å². The first kappa shape index (κ1) is 8.32. The molecule has 0 heteroatoms. The SMILES string of the molecule is C/C=C1/C(C)=CC(C)/C1=C/C. The lowest BCUT2D eigenvalue weighted by Gasteiger charge is -2.05. The lowest BCUT2D eigenvalue weighted by molar-refractivity contribution is 0.905. The third kappa shape index (κ3) is 1.30. The van der Waals surface area contributed by atoms with Crippen LogP contribution < -0.4 is 0 Å². The average Bonchev–Trinajstić information content (AvgIpc) is 2.24. The second-order valence-electron chi connectivity index (χ2n) is 3.08. The zero-order valence-corrected chi connectivity index (χ0v) is 7.81. The molecule has 0 fully saturated rings. The minimum Gasteiger partial charge on any atom is -0.0833 e. The molecule has 11 heavy (non-hydrogen) atoms. The van der Waals surface area contributed by atoms with Gasteiger partial charge in [0.15, 0.2) is 0 Å². The zero-order chi connectivity index (χ0) is 8.43. The van der Waals surface area contributed by atoms with Crippen LogP contribution in [0.2, 0.25) is 0 Å². The first-order chi connectivity index (χ1) is 5.20. The summed E-state index contributed by atoms with van der Waals surface area (Å²) >= 11 is 0. The molecule has 1 unspecified atom stereocenters. The number of rotatable bonds is 0. The molecule has 0 radical (unpaired) electrons. The summed E-state index contributed by atoms with van der Waals surface area (Å²) in [5, 5.41) is 0. The highest BCUT2D eigenvalue weighted by atomic mass is 14.2. The van der Waals surface area contributed by atoms with Crippen molar-refractivity contribution in [3.8, 4) is 0 Å². The molecule has 1 aliphatic carbocycles. The standard InChI is InChI=1S/C11H16/c1-5-10-8(3)7-9(4)11(10)6-2/h5-8H,1-4H3/b10-5-,11-6-. The molecule has 0 bridgehead atoms. The van der Waals surface area contributed by atoms with Crippen LogP contribution in [0.15, 0.2) is 34.9 Å². The highest BCUT2D eigenvalue weighted by Crippen LogP contribution is 2.34. The summed E-state index contributed by atoms with van der Waals surface area (Å²) in [6.45, 7) is 8.65. The summed E-state index contributed by atoms with van der Waals surface area (Å²) in [6, 6.07) is 0. The monoisotopic (exact) mass is 148 g/mol. The van der Waals surface area contributed by atoms with Gasteiger partial charge in [0.05, 0.1) is 0 Å². The Kier molecular flexibility index (Phi) is 2.33. The third-order valence-corrected chi connectivity index (χ3v) is 2.33. The molecule has 0 saturated heterocycles. The first-order valence-electron chi connectivity index (χ1n) is 4.22. The third-order valence-electron chi connectivity index (χ3n) is 2.33. The van der Waals surface area contributed by atoms with Crippen molar-refractivity contribution in [1.29, 1.82) is 0 Å². The van der Waals surface area contributed by atoms with E-state index in [2.05, 4.69) is 45.9 Å². The molecule has 0 aromatic heterocycles. The highest BCUT2D eigenvalue weighted by molar-refractivity contribution is 5.53. The van der Waals surface area contributed by atoms with E-state index in [0.29, 0.717) is 5.92 Å². The van der Waals surface area contributed by atoms with E-state index in [1.807, 2.05) is 0 Å². The Balaban J connectivity index is 3.06. The maximum atomic E-state index is 2.32. The van der Waals surface area contributed by atoms with Gasteiger partial charge in [0.2, 0.25) is 0 Å². The largest absolute Gasteiger partial charge is 0.0833 e. The van der Waals surface area contributed by atoms with E-state index in [1.54, 1.807) is 0 Å². The van der Waals surface area contributed by atoms with Crippen LogP contribution >= 0.6 is 0 Å². The molecule has 0 aliphatic heterocycles. The van der Waals surface area contributed by atoms with Crippen LogP contribution in [-0.2, 0) is 0 Å². The number of hydrogen-bond donors (Lipinski definition) is 0. The molecule has 0 N–H and O–H groups in total. The van der Waals surface area contributed by atoms with E-state index in [4.69, 9.17) is 0 Å². The molecule has 0 nitrogen and oxygen atoms in total. The predicted octanol–water partition coefficient (Wildman–Crippen LogP) is 3.48. The van der Waals surface area contributed by atoms with Crippen molar-refractivity contribution >= 4 is 0 Å². The Labute approximate surface area is 69.3 Å². The van der Waals surface area contributed by atoms with Gasteiger partial charge in [0, 0.05) is 0 Å². The van der Waals surface area contributed by atoms with Crippen molar-refractivity contribution in [2.24, 2.45) is 5.92 Å². The van der Waals surface area contributed by atoms with E-state index in [9.17, 15) is 0 Å². The van der Waals surface area contributed by atoms with Crippen molar-refractivity contribution in [2.75, 3.05) is 0 Å². The topological polar surface area (TPSA) is 0 Å². The van der Waals surface area contributed by atoms with Gasteiger partial charge in [-0.1, -0.05) is 25.2 Å². The van der Waals surface area contributed by atoms with Crippen molar-refractivity contribution in [2.45, 2.75) is 27.7 Å². The van der Waals surface area contributed by atoms with E-state index >= 15 is 0 Å². The van der Waals surface area contributed by atoms with E-state index in [0.717, 1.165) is 0 Å². The van der Waals surface area contributed by atoms with Gasteiger partial charge in [-0.15, -0.1) is 0 Å². The van der Waals surface area contributed by atoms with Gasteiger partial charge >= 0.3 is 0 Å². The van der Waals surface area contributed by atoms with Gasteiger partial charge in [-0.2, -0.15) is 0 Å². The first-order valence-corrected chi connectivity index (χ1v) is 4.22. The normalized spacial score (nSPS) is 31.6. The summed E-state index contributed by atoms with van der Waals surface area (Å²) in [5.41, 5.74) is 4.33. The van der Waals surface area contributed by atoms with Gasteiger partial charge in [-0.05, 0) is 43.4 Å². The van der Waals surface area contributed by atoms with Crippen molar-refractivity contribution < 1.29 is 0 Å². The maximum Gasteiger partial charge on any atom is -0.000187 e. The Morgan fingerprint density at radius 2 is 1.91 bits per heavy atom. The maximum absolute atomic E-state index is 2.32. The Hall–Kier alpha value is -0.780. The minimum atomic E-state index is 0.617. The second kappa shape index (κ2) is 3.08. The lowest BCUT2D eigenvalue weighted by Crippen LogP contribution is -1.90. The lowest BCUT2D eigenvalue weighted by atomic mass is 10.00. The van der Waals surface area contributed by atoms with Crippen LogP contribution in [0.4, 0.5) is 0 Å². The minimum absolute atomic E-state index is 0.617. The summed E-state index contributed by atoms with van der Waals surface area (Å²) in [6.07, 6.45) is 6.74. The predicted molar refractivity (Wildman–Crippen MR) is 50.4 cm³/mol. The molecule has 0 spiro atoms. The molecule has 60 valence electrons. The fourth-order valence-corrected chi connectivity index (χ4v) is 1.84. The molecule has 0 aromatic carbocycles. The van der Waals surface area contributed by atoms with Gasteiger partial charge in [0.1, 0.15) is 0 Å². The van der Waals surface area contributed by atoms with Crippen LogP contribution in [0.25, 0.3) is 0 Å². The summed E-state index contributed by atoms with van der Waals surface area (Å²) < 4.78 is 0. The Morgan fingerprint density at radius 1 is 1.27 bits per heavy atom. The second-order valence-corrected chi connectivity index (χ2v) is 3.08.